The van der Waals surface area contributed by atoms with Crippen LogP contribution in [-0.2, 0) is 24.3 Å². The van der Waals surface area contributed by atoms with Gasteiger partial charge in [0.15, 0.2) is 11.5 Å². The van der Waals surface area contributed by atoms with E-state index in [0.717, 1.165) is 17.7 Å². The molecule has 0 saturated carbocycles. The molecule has 1 aliphatic heterocycles. The van der Waals surface area contributed by atoms with Crippen molar-refractivity contribution in [2.45, 2.75) is 38.8 Å². The van der Waals surface area contributed by atoms with E-state index in [1.54, 1.807) is 33.5 Å². The van der Waals surface area contributed by atoms with Crippen LogP contribution in [0, 0.1) is 0 Å². The Morgan fingerprint density at radius 1 is 0.867 bits per heavy atom. The largest absolute Gasteiger partial charge is 0.493 e. The van der Waals surface area contributed by atoms with Crippen molar-refractivity contribution in [3.8, 4) is 17.2 Å². The van der Waals surface area contributed by atoms with E-state index in [1.807, 2.05) is 0 Å². The Bertz CT molecular complexity index is 805. The summed E-state index contributed by atoms with van der Waals surface area (Å²) in [6.07, 6.45) is 4.20. The highest BCUT2D eigenvalue weighted by atomic mass is 16.5. The smallest absolute Gasteiger partial charge is 0.224 e. The maximum atomic E-state index is 12.4. The summed E-state index contributed by atoms with van der Waals surface area (Å²) in [7, 11) is 4.69. The van der Waals surface area contributed by atoms with Crippen molar-refractivity contribution in [1.29, 1.82) is 0 Å². The summed E-state index contributed by atoms with van der Waals surface area (Å²) < 4.78 is 16.0. The molecule has 1 N–H and O–H groups in total. The van der Waals surface area contributed by atoms with Crippen molar-refractivity contribution >= 4 is 5.91 Å². The SMILES string of the molecule is COc1cc(CC(=O)NCc2ccc(CN3CCCCC3)cc2)cc(OC)c1OC. The van der Waals surface area contributed by atoms with Gasteiger partial charge in [0, 0.05) is 13.1 Å². The molecule has 2 aromatic rings. The molecule has 0 atom stereocenters. The minimum Gasteiger partial charge on any atom is -0.493 e. The zero-order valence-electron chi connectivity index (χ0n) is 18.2. The first kappa shape index (κ1) is 22.0. The molecule has 0 bridgehead atoms. The second-order valence-electron chi connectivity index (χ2n) is 7.64. The summed E-state index contributed by atoms with van der Waals surface area (Å²) >= 11 is 0. The predicted molar refractivity (Wildman–Crippen MR) is 117 cm³/mol. The second kappa shape index (κ2) is 10.9. The molecule has 1 amide bonds. The maximum Gasteiger partial charge on any atom is 0.224 e. The van der Waals surface area contributed by atoms with Gasteiger partial charge in [-0.1, -0.05) is 30.7 Å². The van der Waals surface area contributed by atoms with Gasteiger partial charge in [-0.2, -0.15) is 0 Å². The van der Waals surface area contributed by atoms with E-state index < -0.39 is 0 Å². The summed E-state index contributed by atoms with van der Waals surface area (Å²) in [6, 6.07) is 12.1. The quantitative estimate of drug-likeness (QED) is 0.682. The Balaban J connectivity index is 1.53. The normalized spacial score (nSPS) is 14.2. The molecule has 3 rings (SSSR count). The predicted octanol–water partition coefficient (Wildman–Crippen LogP) is 3.56. The molecule has 6 heteroatoms. The van der Waals surface area contributed by atoms with Crippen molar-refractivity contribution in [2.75, 3.05) is 34.4 Å². The maximum absolute atomic E-state index is 12.4. The van der Waals surface area contributed by atoms with Crippen LogP contribution in [0.3, 0.4) is 0 Å². The van der Waals surface area contributed by atoms with Crippen LogP contribution in [0.4, 0.5) is 0 Å². The molecule has 1 saturated heterocycles. The second-order valence-corrected chi connectivity index (χ2v) is 7.64. The molecule has 0 radical (unpaired) electrons. The lowest BCUT2D eigenvalue weighted by Crippen LogP contribution is -2.29. The average molecular weight is 413 g/mol. The van der Waals surface area contributed by atoms with Gasteiger partial charge in [-0.3, -0.25) is 9.69 Å². The van der Waals surface area contributed by atoms with E-state index in [-0.39, 0.29) is 12.3 Å². The summed E-state index contributed by atoms with van der Waals surface area (Å²) in [5.74, 6) is 1.56. The summed E-state index contributed by atoms with van der Waals surface area (Å²) in [6.45, 7) is 3.90. The Morgan fingerprint density at radius 3 is 2.03 bits per heavy atom. The molecule has 2 aromatic carbocycles. The van der Waals surface area contributed by atoms with Crippen molar-refractivity contribution in [1.82, 2.24) is 10.2 Å². The Hall–Kier alpha value is -2.73. The van der Waals surface area contributed by atoms with Crippen LogP contribution < -0.4 is 19.5 Å². The minimum absolute atomic E-state index is 0.0540. The van der Waals surface area contributed by atoms with Gasteiger partial charge in [0.05, 0.1) is 27.8 Å². The van der Waals surface area contributed by atoms with Gasteiger partial charge in [0.1, 0.15) is 0 Å². The fourth-order valence-electron chi connectivity index (χ4n) is 3.82. The van der Waals surface area contributed by atoms with Gasteiger partial charge in [0.25, 0.3) is 0 Å². The highest BCUT2D eigenvalue weighted by Gasteiger charge is 2.15. The third-order valence-electron chi connectivity index (χ3n) is 5.46. The molecule has 0 spiro atoms. The number of hydrogen-bond donors (Lipinski definition) is 1. The number of nitrogens with zero attached hydrogens (tertiary/aromatic N) is 1. The van der Waals surface area contributed by atoms with Gasteiger partial charge in [0.2, 0.25) is 11.7 Å². The molecule has 0 aliphatic carbocycles. The lowest BCUT2D eigenvalue weighted by atomic mass is 10.1. The van der Waals surface area contributed by atoms with Crippen molar-refractivity contribution < 1.29 is 19.0 Å². The standard InChI is InChI=1S/C24H32N2O4/c1-28-21-13-20(14-22(29-2)24(21)30-3)15-23(27)25-16-18-7-9-19(10-8-18)17-26-11-5-4-6-12-26/h7-10,13-14H,4-6,11-12,15-17H2,1-3H3,(H,25,27). The molecule has 0 aromatic heterocycles. The molecule has 6 nitrogen and oxygen atoms in total. The molecular weight excluding hydrogens is 380 g/mol. The first-order valence-corrected chi connectivity index (χ1v) is 10.5. The fraction of sp³-hybridized carbons (Fsp3) is 0.458. The number of piperidine rings is 1. The average Bonchev–Trinajstić information content (AvgIpc) is 2.78. The molecule has 1 aliphatic rings. The van der Waals surface area contributed by atoms with Crippen molar-refractivity contribution in [3.63, 3.8) is 0 Å². The molecular formula is C24H32N2O4. The highest BCUT2D eigenvalue weighted by molar-refractivity contribution is 5.79. The Kier molecular flexibility index (Phi) is 7.97. The van der Waals surface area contributed by atoms with E-state index >= 15 is 0 Å². The number of ether oxygens (including phenoxy) is 3. The van der Waals surface area contributed by atoms with Crippen molar-refractivity contribution in [2.24, 2.45) is 0 Å². The van der Waals surface area contributed by atoms with Crippen LogP contribution in [-0.4, -0.2) is 45.2 Å². The van der Waals surface area contributed by atoms with E-state index in [0.29, 0.717) is 23.8 Å². The van der Waals surface area contributed by atoms with Crippen LogP contribution in [0.5, 0.6) is 17.2 Å². The van der Waals surface area contributed by atoms with Crippen LogP contribution in [0.2, 0.25) is 0 Å². The summed E-state index contributed by atoms with van der Waals surface area (Å²) in [4.78, 5) is 15.0. The van der Waals surface area contributed by atoms with E-state index in [2.05, 4.69) is 34.5 Å². The summed E-state index contributed by atoms with van der Waals surface area (Å²) in [5.41, 5.74) is 3.22. The minimum atomic E-state index is -0.0540. The molecule has 0 unspecified atom stereocenters. The van der Waals surface area contributed by atoms with Gasteiger partial charge in [-0.15, -0.1) is 0 Å². The number of carbonyl (C=O) groups excluding carboxylic acids is 1. The molecule has 30 heavy (non-hydrogen) atoms. The van der Waals surface area contributed by atoms with E-state index in [4.69, 9.17) is 14.2 Å². The van der Waals surface area contributed by atoms with Crippen LogP contribution in [0.15, 0.2) is 36.4 Å². The highest BCUT2D eigenvalue weighted by Crippen LogP contribution is 2.38. The fourth-order valence-corrected chi connectivity index (χ4v) is 3.82. The molecule has 162 valence electrons. The first-order valence-electron chi connectivity index (χ1n) is 10.5. The number of carbonyl (C=O) groups is 1. The monoisotopic (exact) mass is 412 g/mol. The lowest BCUT2D eigenvalue weighted by Gasteiger charge is -2.26. The number of nitrogens with one attached hydrogen (secondary N) is 1. The van der Waals surface area contributed by atoms with E-state index in [1.165, 1.54) is 37.9 Å². The first-order chi connectivity index (χ1) is 14.6. The van der Waals surface area contributed by atoms with Crippen LogP contribution >= 0.6 is 0 Å². The Labute approximate surface area is 179 Å². The van der Waals surface area contributed by atoms with Gasteiger partial charge in [-0.25, -0.2) is 0 Å². The molecule has 1 heterocycles. The topological polar surface area (TPSA) is 60.0 Å². The third-order valence-corrected chi connectivity index (χ3v) is 5.46. The van der Waals surface area contributed by atoms with Gasteiger partial charge >= 0.3 is 0 Å². The van der Waals surface area contributed by atoms with Gasteiger partial charge in [-0.05, 0) is 54.8 Å². The number of rotatable bonds is 9. The van der Waals surface area contributed by atoms with Gasteiger partial charge < -0.3 is 19.5 Å². The number of likely N-dealkylation sites (tertiary alicyclic amines) is 1. The van der Waals surface area contributed by atoms with Crippen LogP contribution in [0.25, 0.3) is 0 Å². The number of benzene rings is 2. The Morgan fingerprint density at radius 2 is 1.47 bits per heavy atom. The zero-order chi connectivity index (χ0) is 21.3. The molecule has 1 fully saturated rings. The lowest BCUT2D eigenvalue weighted by molar-refractivity contribution is -0.120. The third kappa shape index (κ3) is 5.89. The summed E-state index contributed by atoms with van der Waals surface area (Å²) in [5, 5.41) is 2.99. The van der Waals surface area contributed by atoms with E-state index in [9.17, 15) is 4.79 Å². The number of amides is 1. The number of methoxy groups -OCH3 is 3. The zero-order valence-corrected chi connectivity index (χ0v) is 18.2. The van der Waals surface area contributed by atoms with Crippen molar-refractivity contribution in [3.05, 3.63) is 53.1 Å². The number of hydrogen-bond acceptors (Lipinski definition) is 5. The van der Waals surface area contributed by atoms with Crippen LogP contribution in [0.1, 0.15) is 36.0 Å².